The molecule has 0 bridgehead atoms. The highest BCUT2D eigenvalue weighted by molar-refractivity contribution is 6.31. The first kappa shape index (κ1) is 22.9. The molecule has 0 saturated carbocycles. The van der Waals surface area contributed by atoms with Crippen LogP contribution in [-0.4, -0.2) is 21.9 Å². The zero-order valence-electron chi connectivity index (χ0n) is 17.2. The summed E-state index contributed by atoms with van der Waals surface area (Å²) in [4.78, 5) is 14.7. The Morgan fingerprint density at radius 1 is 1.06 bits per heavy atom. The van der Waals surface area contributed by atoms with Gasteiger partial charge in [-0.3, -0.25) is 4.79 Å². The van der Waals surface area contributed by atoms with Crippen molar-refractivity contribution in [3.05, 3.63) is 94.3 Å². The average molecular weight is 449 g/mol. The van der Waals surface area contributed by atoms with Gasteiger partial charge in [0.05, 0.1) is 12.1 Å². The normalized spacial score (nSPS) is 11.5. The fourth-order valence-corrected chi connectivity index (χ4v) is 3.56. The van der Waals surface area contributed by atoms with Gasteiger partial charge in [0.15, 0.2) is 0 Å². The highest BCUT2D eigenvalue weighted by atomic mass is 35.5. The number of alkyl halides is 3. The molecule has 3 aromatic rings. The number of unbranched alkanes of at least 4 members (excludes halogenated alkanes) is 1. The lowest BCUT2D eigenvalue weighted by Gasteiger charge is -2.24. The Morgan fingerprint density at radius 2 is 1.84 bits per heavy atom. The molecule has 0 aliphatic heterocycles. The molecule has 0 fully saturated rings. The summed E-state index contributed by atoms with van der Waals surface area (Å²) in [5, 5.41) is 0.657. The fraction of sp³-hybridized carbons (Fsp3) is 0.292. The number of carbonyl (C=O) groups excluding carboxylic acids is 1. The average Bonchev–Trinajstić information content (AvgIpc) is 3.18. The SMILES string of the molecule is CCCCN(Cc1cccn1Cc1ccccc1Cl)C(=O)c1cccc(C(F)(F)F)c1. The van der Waals surface area contributed by atoms with Gasteiger partial charge < -0.3 is 9.47 Å². The van der Waals surface area contributed by atoms with E-state index in [1.54, 1.807) is 4.90 Å². The van der Waals surface area contributed by atoms with Crippen LogP contribution in [0.1, 0.15) is 46.9 Å². The third-order valence-corrected chi connectivity index (χ3v) is 5.45. The Bertz CT molecular complexity index is 1030. The summed E-state index contributed by atoms with van der Waals surface area (Å²) in [6.07, 6.45) is -0.956. The predicted molar refractivity (Wildman–Crippen MR) is 116 cm³/mol. The van der Waals surface area contributed by atoms with Gasteiger partial charge in [-0.1, -0.05) is 49.2 Å². The van der Waals surface area contributed by atoms with Crippen molar-refractivity contribution in [2.75, 3.05) is 6.54 Å². The lowest BCUT2D eigenvalue weighted by molar-refractivity contribution is -0.137. The molecule has 0 aliphatic carbocycles. The van der Waals surface area contributed by atoms with Crippen LogP contribution < -0.4 is 0 Å². The summed E-state index contributed by atoms with van der Waals surface area (Å²) < 4.78 is 41.3. The monoisotopic (exact) mass is 448 g/mol. The van der Waals surface area contributed by atoms with E-state index >= 15 is 0 Å². The van der Waals surface area contributed by atoms with Crippen LogP contribution in [-0.2, 0) is 19.3 Å². The number of benzene rings is 2. The number of hydrogen-bond donors (Lipinski definition) is 0. The Balaban J connectivity index is 1.84. The molecule has 2 aromatic carbocycles. The minimum atomic E-state index is -4.49. The zero-order valence-corrected chi connectivity index (χ0v) is 18.0. The Morgan fingerprint density at radius 3 is 2.55 bits per heavy atom. The van der Waals surface area contributed by atoms with E-state index in [0.29, 0.717) is 24.7 Å². The molecule has 164 valence electrons. The molecular formula is C24H24ClF3N2O. The molecule has 3 rings (SSSR count). The minimum absolute atomic E-state index is 0.0372. The minimum Gasteiger partial charge on any atom is -0.345 e. The molecule has 0 radical (unpaired) electrons. The first-order chi connectivity index (χ1) is 14.8. The first-order valence-corrected chi connectivity index (χ1v) is 10.5. The largest absolute Gasteiger partial charge is 0.416 e. The molecule has 1 heterocycles. The highest BCUT2D eigenvalue weighted by Gasteiger charge is 2.31. The van der Waals surface area contributed by atoms with Crippen molar-refractivity contribution in [1.82, 2.24) is 9.47 Å². The summed E-state index contributed by atoms with van der Waals surface area (Å²) in [6.45, 7) is 3.31. The van der Waals surface area contributed by atoms with Gasteiger partial charge in [0.25, 0.3) is 5.91 Å². The standard InChI is InChI=1S/C24H24ClF3N2O/c1-2-3-13-30(23(31)18-9-6-10-20(15-18)24(26,27)28)17-21-11-7-14-29(21)16-19-8-4-5-12-22(19)25/h4-12,14-15H,2-3,13,16-17H2,1H3. The third kappa shape index (κ3) is 5.91. The second kappa shape index (κ2) is 10.1. The van der Waals surface area contributed by atoms with E-state index in [9.17, 15) is 18.0 Å². The molecule has 0 spiro atoms. The third-order valence-electron chi connectivity index (χ3n) is 5.08. The number of nitrogens with zero attached hydrogens (tertiary/aromatic N) is 2. The van der Waals surface area contributed by atoms with E-state index in [0.717, 1.165) is 36.2 Å². The Hall–Kier alpha value is -2.73. The maximum atomic E-state index is 13.1. The van der Waals surface area contributed by atoms with Gasteiger partial charge in [-0.05, 0) is 48.4 Å². The highest BCUT2D eigenvalue weighted by Crippen LogP contribution is 2.30. The zero-order chi connectivity index (χ0) is 22.4. The smallest absolute Gasteiger partial charge is 0.345 e. The van der Waals surface area contributed by atoms with Gasteiger partial charge in [-0.2, -0.15) is 13.2 Å². The van der Waals surface area contributed by atoms with Crippen LogP contribution in [0.15, 0.2) is 66.9 Å². The maximum absolute atomic E-state index is 13.1. The summed E-state index contributed by atoms with van der Waals surface area (Å²) >= 11 is 6.28. The van der Waals surface area contributed by atoms with Crippen LogP contribution in [0.3, 0.4) is 0 Å². The maximum Gasteiger partial charge on any atom is 0.416 e. The number of rotatable bonds is 8. The Kier molecular flexibility index (Phi) is 7.44. The number of amides is 1. The second-order valence-electron chi connectivity index (χ2n) is 7.38. The van der Waals surface area contributed by atoms with E-state index in [2.05, 4.69) is 0 Å². The molecular weight excluding hydrogens is 425 g/mol. The van der Waals surface area contributed by atoms with Crippen LogP contribution in [0.4, 0.5) is 13.2 Å². The van der Waals surface area contributed by atoms with E-state index in [1.807, 2.05) is 54.1 Å². The van der Waals surface area contributed by atoms with Crippen LogP contribution in [0, 0.1) is 0 Å². The van der Waals surface area contributed by atoms with E-state index in [1.165, 1.54) is 12.1 Å². The van der Waals surface area contributed by atoms with Gasteiger partial charge >= 0.3 is 6.18 Å². The quantitative estimate of drug-likeness (QED) is 0.378. The summed E-state index contributed by atoms with van der Waals surface area (Å²) in [6, 6.07) is 15.9. The predicted octanol–water partition coefficient (Wildman–Crippen LogP) is 6.65. The van der Waals surface area contributed by atoms with E-state index < -0.39 is 17.6 Å². The van der Waals surface area contributed by atoms with E-state index in [-0.39, 0.29) is 5.56 Å². The number of carbonyl (C=O) groups is 1. The Labute approximate surface area is 185 Å². The number of halogens is 4. The van der Waals surface area contributed by atoms with Crippen LogP contribution in [0.5, 0.6) is 0 Å². The van der Waals surface area contributed by atoms with Gasteiger partial charge in [0, 0.05) is 35.6 Å². The fourth-order valence-electron chi connectivity index (χ4n) is 3.37. The molecule has 0 saturated heterocycles. The lowest BCUT2D eigenvalue weighted by atomic mass is 10.1. The van der Waals surface area contributed by atoms with Gasteiger partial charge in [0.2, 0.25) is 0 Å². The van der Waals surface area contributed by atoms with Crippen LogP contribution >= 0.6 is 11.6 Å². The molecule has 31 heavy (non-hydrogen) atoms. The topological polar surface area (TPSA) is 25.2 Å². The van der Waals surface area contributed by atoms with Crippen LogP contribution in [0.25, 0.3) is 0 Å². The van der Waals surface area contributed by atoms with Crippen molar-refractivity contribution in [3.8, 4) is 0 Å². The second-order valence-corrected chi connectivity index (χ2v) is 7.78. The molecule has 1 aromatic heterocycles. The van der Waals surface area contributed by atoms with Crippen molar-refractivity contribution < 1.29 is 18.0 Å². The number of aromatic nitrogens is 1. The van der Waals surface area contributed by atoms with Gasteiger partial charge in [0.1, 0.15) is 0 Å². The summed E-state index contributed by atoms with van der Waals surface area (Å²) in [7, 11) is 0. The molecule has 0 unspecified atom stereocenters. The molecule has 0 aliphatic rings. The number of hydrogen-bond acceptors (Lipinski definition) is 1. The van der Waals surface area contributed by atoms with Crippen molar-refractivity contribution in [2.24, 2.45) is 0 Å². The molecule has 1 amide bonds. The van der Waals surface area contributed by atoms with E-state index in [4.69, 9.17) is 11.6 Å². The summed E-state index contributed by atoms with van der Waals surface area (Å²) in [5.74, 6) is -0.412. The van der Waals surface area contributed by atoms with Crippen molar-refractivity contribution in [2.45, 2.75) is 39.0 Å². The molecule has 3 nitrogen and oxygen atoms in total. The van der Waals surface area contributed by atoms with Gasteiger partial charge in [-0.15, -0.1) is 0 Å². The van der Waals surface area contributed by atoms with Crippen molar-refractivity contribution >= 4 is 17.5 Å². The van der Waals surface area contributed by atoms with Gasteiger partial charge in [-0.25, -0.2) is 0 Å². The van der Waals surface area contributed by atoms with Crippen molar-refractivity contribution in [3.63, 3.8) is 0 Å². The molecule has 7 heteroatoms. The lowest BCUT2D eigenvalue weighted by Crippen LogP contribution is -2.32. The molecule has 0 atom stereocenters. The molecule has 0 N–H and O–H groups in total. The first-order valence-electron chi connectivity index (χ1n) is 10.1. The van der Waals surface area contributed by atoms with Crippen LogP contribution in [0.2, 0.25) is 5.02 Å². The van der Waals surface area contributed by atoms with Crippen molar-refractivity contribution in [1.29, 1.82) is 0 Å². The summed E-state index contributed by atoms with van der Waals surface area (Å²) in [5.41, 5.74) is 1.05.